The van der Waals surface area contributed by atoms with Crippen molar-refractivity contribution in [2.24, 2.45) is 5.41 Å². The largest absolute Gasteiger partial charge is 0.497 e. The van der Waals surface area contributed by atoms with E-state index in [1.807, 2.05) is 42.5 Å². The number of benzene rings is 3. The number of aliphatic hydroxyl groups is 1. The first-order chi connectivity index (χ1) is 15.6. The van der Waals surface area contributed by atoms with Gasteiger partial charge in [-0.1, -0.05) is 68.4 Å². The zero-order chi connectivity index (χ0) is 23.0. The van der Waals surface area contributed by atoms with E-state index in [4.69, 9.17) is 14.2 Å². The zero-order valence-electron chi connectivity index (χ0n) is 19.5. The lowest BCUT2D eigenvalue weighted by atomic mass is 9.78. The molecule has 0 saturated heterocycles. The van der Waals surface area contributed by atoms with E-state index >= 15 is 0 Å². The molecular weight excluding hydrogens is 400 g/mol. The molecule has 0 aliphatic heterocycles. The Kier molecular flexibility index (Phi) is 7.94. The van der Waals surface area contributed by atoms with Crippen LogP contribution in [0, 0.1) is 5.41 Å². The topological polar surface area (TPSA) is 47.9 Å². The van der Waals surface area contributed by atoms with Gasteiger partial charge < -0.3 is 19.3 Å². The van der Waals surface area contributed by atoms with Crippen molar-refractivity contribution in [3.63, 3.8) is 0 Å². The number of aliphatic hydroxyl groups excluding tert-OH is 1. The van der Waals surface area contributed by atoms with Gasteiger partial charge in [0.05, 0.1) is 27.4 Å². The van der Waals surface area contributed by atoms with Crippen molar-refractivity contribution < 1.29 is 19.3 Å². The van der Waals surface area contributed by atoms with Gasteiger partial charge in [0.2, 0.25) is 0 Å². The van der Waals surface area contributed by atoms with Gasteiger partial charge in [0.1, 0.15) is 17.1 Å². The second-order valence-electron chi connectivity index (χ2n) is 8.16. The smallest absolute Gasteiger partial charge is 0.143 e. The van der Waals surface area contributed by atoms with Crippen molar-refractivity contribution >= 4 is 0 Å². The monoisotopic (exact) mass is 434 g/mol. The van der Waals surface area contributed by atoms with E-state index in [-0.39, 0.29) is 12.0 Å². The summed E-state index contributed by atoms with van der Waals surface area (Å²) in [6, 6.07) is 26.3. The Morgan fingerprint density at radius 1 is 0.656 bits per heavy atom. The Bertz CT molecular complexity index is 889. The molecule has 0 aromatic heterocycles. The maximum absolute atomic E-state index is 10.2. The molecule has 0 aliphatic carbocycles. The quantitative estimate of drug-likeness (QED) is 0.387. The highest BCUT2D eigenvalue weighted by Gasteiger charge is 2.40. The lowest BCUT2D eigenvalue weighted by Gasteiger charge is -2.40. The lowest BCUT2D eigenvalue weighted by Crippen LogP contribution is -2.39. The van der Waals surface area contributed by atoms with Crippen LogP contribution < -0.4 is 9.47 Å². The summed E-state index contributed by atoms with van der Waals surface area (Å²) >= 11 is 0. The van der Waals surface area contributed by atoms with Crippen LogP contribution in [-0.2, 0) is 10.3 Å². The molecular formula is C28H34O4. The lowest BCUT2D eigenvalue weighted by molar-refractivity contribution is -0.0619. The fourth-order valence-electron chi connectivity index (χ4n) is 4.06. The summed E-state index contributed by atoms with van der Waals surface area (Å²) in [5.74, 6) is 1.58. The zero-order valence-corrected chi connectivity index (χ0v) is 19.5. The van der Waals surface area contributed by atoms with E-state index in [1.54, 1.807) is 14.2 Å². The Hall–Kier alpha value is -2.82. The Morgan fingerprint density at radius 3 is 1.47 bits per heavy atom. The van der Waals surface area contributed by atoms with Gasteiger partial charge in [-0.05, 0) is 53.8 Å². The predicted octanol–water partition coefficient (Wildman–Crippen LogP) is 5.81. The van der Waals surface area contributed by atoms with E-state index in [0.717, 1.165) is 41.0 Å². The average molecular weight is 435 g/mol. The van der Waals surface area contributed by atoms with Crippen molar-refractivity contribution in [1.29, 1.82) is 0 Å². The highest BCUT2D eigenvalue weighted by Crippen LogP contribution is 2.43. The van der Waals surface area contributed by atoms with Crippen LogP contribution >= 0.6 is 0 Å². The SMILES string of the molecule is CCC(CC)(CO)COC(c1ccccc1)(c1ccc(OC)cc1)c1ccc(OC)cc1. The molecule has 4 heteroatoms. The number of hydrogen-bond donors (Lipinski definition) is 1. The van der Waals surface area contributed by atoms with Crippen LogP contribution in [0.15, 0.2) is 78.9 Å². The standard InChI is InChI=1S/C28H34O4/c1-5-27(6-2,20-29)21-32-28(22-10-8-7-9-11-22,23-12-16-25(30-3)17-13-23)24-14-18-26(31-4)19-15-24/h7-19,29H,5-6,20-21H2,1-4H3. The molecule has 3 rings (SSSR count). The number of rotatable bonds is 11. The summed E-state index contributed by atoms with van der Waals surface area (Å²) in [7, 11) is 3.33. The van der Waals surface area contributed by atoms with Crippen LogP contribution in [-0.4, -0.2) is 32.5 Å². The fourth-order valence-corrected chi connectivity index (χ4v) is 4.06. The van der Waals surface area contributed by atoms with Gasteiger partial charge in [-0.25, -0.2) is 0 Å². The molecule has 0 atom stereocenters. The summed E-state index contributed by atoms with van der Waals surface area (Å²) < 4.78 is 17.7. The van der Waals surface area contributed by atoms with Crippen LogP contribution in [0.4, 0.5) is 0 Å². The third kappa shape index (κ3) is 4.67. The molecule has 1 N–H and O–H groups in total. The minimum atomic E-state index is -0.857. The van der Waals surface area contributed by atoms with Gasteiger partial charge in [0, 0.05) is 5.41 Å². The molecule has 3 aromatic rings. The van der Waals surface area contributed by atoms with E-state index in [0.29, 0.717) is 6.61 Å². The van der Waals surface area contributed by atoms with Crippen LogP contribution in [0.2, 0.25) is 0 Å². The molecule has 4 nitrogen and oxygen atoms in total. The minimum Gasteiger partial charge on any atom is -0.497 e. The molecule has 0 saturated carbocycles. The van der Waals surface area contributed by atoms with Gasteiger partial charge >= 0.3 is 0 Å². The van der Waals surface area contributed by atoms with Crippen molar-refractivity contribution in [2.75, 3.05) is 27.4 Å². The Labute approximate surface area is 191 Å². The maximum atomic E-state index is 10.2. The van der Waals surface area contributed by atoms with Gasteiger partial charge in [0.15, 0.2) is 0 Å². The molecule has 0 amide bonds. The van der Waals surface area contributed by atoms with Gasteiger partial charge in [-0.3, -0.25) is 0 Å². The van der Waals surface area contributed by atoms with Crippen LogP contribution in [0.3, 0.4) is 0 Å². The number of hydrogen-bond acceptors (Lipinski definition) is 4. The molecule has 32 heavy (non-hydrogen) atoms. The first-order valence-electron chi connectivity index (χ1n) is 11.2. The third-order valence-corrected chi connectivity index (χ3v) is 6.60. The molecule has 3 aromatic carbocycles. The van der Waals surface area contributed by atoms with Gasteiger partial charge in [0.25, 0.3) is 0 Å². The summed E-state index contributed by atoms with van der Waals surface area (Å²) in [5, 5.41) is 10.2. The highest BCUT2D eigenvalue weighted by atomic mass is 16.5. The molecule has 170 valence electrons. The first kappa shape index (κ1) is 23.8. The Balaban J connectivity index is 2.23. The summed E-state index contributed by atoms with van der Waals surface area (Å²) in [4.78, 5) is 0. The van der Waals surface area contributed by atoms with Crippen LogP contribution in [0.25, 0.3) is 0 Å². The number of methoxy groups -OCH3 is 2. The van der Waals surface area contributed by atoms with Gasteiger partial charge in [-0.15, -0.1) is 0 Å². The van der Waals surface area contributed by atoms with Crippen molar-refractivity contribution in [3.05, 3.63) is 95.6 Å². The van der Waals surface area contributed by atoms with Crippen LogP contribution in [0.1, 0.15) is 43.4 Å². The molecule has 0 radical (unpaired) electrons. The van der Waals surface area contributed by atoms with E-state index in [1.165, 1.54) is 0 Å². The third-order valence-electron chi connectivity index (χ3n) is 6.60. The van der Waals surface area contributed by atoms with Crippen molar-refractivity contribution in [3.8, 4) is 11.5 Å². The molecule has 0 fully saturated rings. The highest BCUT2D eigenvalue weighted by molar-refractivity contribution is 5.49. The average Bonchev–Trinajstić information content (AvgIpc) is 2.88. The van der Waals surface area contributed by atoms with E-state index in [9.17, 15) is 5.11 Å². The predicted molar refractivity (Wildman–Crippen MR) is 128 cm³/mol. The molecule has 0 bridgehead atoms. The van der Waals surface area contributed by atoms with E-state index < -0.39 is 5.60 Å². The van der Waals surface area contributed by atoms with Gasteiger partial charge in [-0.2, -0.15) is 0 Å². The molecule has 0 unspecified atom stereocenters. The normalized spacial score (nSPS) is 11.9. The van der Waals surface area contributed by atoms with Crippen LogP contribution in [0.5, 0.6) is 11.5 Å². The fraction of sp³-hybridized carbons (Fsp3) is 0.357. The van der Waals surface area contributed by atoms with Crippen molar-refractivity contribution in [1.82, 2.24) is 0 Å². The van der Waals surface area contributed by atoms with E-state index in [2.05, 4.69) is 50.2 Å². The molecule has 0 spiro atoms. The molecule has 0 heterocycles. The summed E-state index contributed by atoms with van der Waals surface area (Å²) in [5.41, 5.74) is 1.85. The summed E-state index contributed by atoms with van der Waals surface area (Å²) in [6.45, 7) is 4.71. The molecule has 0 aliphatic rings. The second kappa shape index (κ2) is 10.7. The minimum absolute atomic E-state index is 0.0795. The van der Waals surface area contributed by atoms with Crippen molar-refractivity contribution in [2.45, 2.75) is 32.3 Å². The summed E-state index contributed by atoms with van der Waals surface area (Å²) in [6.07, 6.45) is 1.66. The maximum Gasteiger partial charge on any atom is 0.143 e. The second-order valence-corrected chi connectivity index (χ2v) is 8.16. The first-order valence-corrected chi connectivity index (χ1v) is 11.2. The Morgan fingerprint density at radius 2 is 1.09 bits per heavy atom. The number of ether oxygens (including phenoxy) is 3.